The zero-order chi connectivity index (χ0) is 21.0. The second-order valence-electron chi connectivity index (χ2n) is 7.19. The highest BCUT2D eigenvalue weighted by Crippen LogP contribution is 2.35. The molecule has 1 atom stereocenters. The Kier molecular flexibility index (Phi) is 4.68. The van der Waals surface area contributed by atoms with Crippen LogP contribution in [0, 0.1) is 6.92 Å². The molecule has 2 aromatic heterocycles. The molecule has 0 bridgehead atoms. The molecule has 0 aliphatic carbocycles. The number of carboxylic acids is 1. The van der Waals surface area contributed by atoms with Gasteiger partial charge in [0, 0.05) is 34.0 Å². The molecule has 7 heteroatoms. The van der Waals surface area contributed by atoms with Crippen molar-refractivity contribution in [2.24, 2.45) is 7.05 Å². The number of aliphatic carboxylic acids is 1. The zero-order valence-corrected chi connectivity index (χ0v) is 17.5. The number of benzene rings is 2. The maximum absolute atomic E-state index is 13.2. The first-order valence-electron chi connectivity index (χ1n) is 9.03. The zero-order valence-electron chi connectivity index (χ0n) is 16.0. The SMILES string of the molecule is Cc1ccc2c(c1)c1cc(-c3ccc(Cl)cc3Cl)c(=O)n(C)c1n2C(C)C(=O)O. The van der Waals surface area contributed by atoms with Gasteiger partial charge in [-0.05, 0) is 44.2 Å². The minimum Gasteiger partial charge on any atom is -0.480 e. The molecule has 0 aliphatic rings. The molecule has 0 radical (unpaired) electrons. The van der Waals surface area contributed by atoms with Crippen molar-refractivity contribution in [3.63, 3.8) is 0 Å². The van der Waals surface area contributed by atoms with Crippen LogP contribution < -0.4 is 5.56 Å². The van der Waals surface area contributed by atoms with E-state index >= 15 is 0 Å². The van der Waals surface area contributed by atoms with Gasteiger partial charge in [0.25, 0.3) is 5.56 Å². The van der Waals surface area contributed by atoms with E-state index in [9.17, 15) is 14.7 Å². The summed E-state index contributed by atoms with van der Waals surface area (Å²) in [6.45, 7) is 3.58. The summed E-state index contributed by atoms with van der Waals surface area (Å²) >= 11 is 12.4. The van der Waals surface area contributed by atoms with Crippen LogP contribution in [-0.2, 0) is 11.8 Å². The molecule has 2 aromatic carbocycles. The van der Waals surface area contributed by atoms with Crippen molar-refractivity contribution in [2.45, 2.75) is 19.9 Å². The summed E-state index contributed by atoms with van der Waals surface area (Å²) in [5.74, 6) is -0.971. The normalized spacial score (nSPS) is 12.6. The molecule has 1 unspecified atom stereocenters. The summed E-state index contributed by atoms with van der Waals surface area (Å²) in [7, 11) is 1.65. The topological polar surface area (TPSA) is 64.2 Å². The van der Waals surface area contributed by atoms with Crippen LogP contribution in [0.3, 0.4) is 0 Å². The number of nitrogens with zero attached hydrogens (tertiary/aromatic N) is 2. The summed E-state index contributed by atoms with van der Waals surface area (Å²) in [6, 6.07) is 11.8. The highest BCUT2D eigenvalue weighted by molar-refractivity contribution is 6.36. The first-order chi connectivity index (χ1) is 13.7. The van der Waals surface area contributed by atoms with E-state index in [0.29, 0.717) is 26.8 Å². The number of aromatic nitrogens is 2. The van der Waals surface area contributed by atoms with Crippen LogP contribution in [0.25, 0.3) is 33.1 Å². The van der Waals surface area contributed by atoms with E-state index in [1.807, 2.05) is 25.1 Å². The maximum Gasteiger partial charge on any atom is 0.326 e. The Balaban J connectivity index is 2.19. The smallest absolute Gasteiger partial charge is 0.326 e. The van der Waals surface area contributed by atoms with Crippen LogP contribution in [0.5, 0.6) is 0 Å². The number of fused-ring (bicyclic) bond motifs is 3. The number of carboxylic acid groups (broad SMARTS) is 1. The average molecular weight is 429 g/mol. The molecule has 2 heterocycles. The van der Waals surface area contributed by atoms with Gasteiger partial charge in [-0.25, -0.2) is 4.79 Å². The molecular weight excluding hydrogens is 411 g/mol. The molecule has 29 heavy (non-hydrogen) atoms. The van der Waals surface area contributed by atoms with E-state index in [2.05, 4.69) is 0 Å². The van der Waals surface area contributed by atoms with Crippen LogP contribution in [-0.4, -0.2) is 20.2 Å². The van der Waals surface area contributed by atoms with Crippen molar-refractivity contribution in [3.05, 3.63) is 68.4 Å². The van der Waals surface area contributed by atoms with Crippen LogP contribution in [0.1, 0.15) is 18.5 Å². The van der Waals surface area contributed by atoms with Crippen molar-refractivity contribution in [2.75, 3.05) is 0 Å². The highest BCUT2D eigenvalue weighted by atomic mass is 35.5. The third kappa shape index (κ3) is 3.02. The number of carbonyl (C=O) groups is 1. The van der Waals surface area contributed by atoms with E-state index in [1.54, 1.807) is 42.8 Å². The summed E-state index contributed by atoms with van der Waals surface area (Å²) in [5.41, 5.74) is 3.11. The van der Waals surface area contributed by atoms with Gasteiger partial charge in [0.15, 0.2) is 0 Å². The minimum atomic E-state index is -0.971. The lowest BCUT2D eigenvalue weighted by atomic mass is 10.0. The third-order valence-electron chi connectivity index (χ3n) is 5.28. The Morgan fingerprint density at radius 2 is 1.76 bits per heavy atom. The fraction of sp³-hybridized carbons (Fsp3) is 0.182. The molecule has 0 fully saturated rings. The lowest BCUT2D eigenvalue weighted by Gasteiger charge is -2.15. The Bertz CT molecular complexity index is 1370. The van der Waals surface area contributed by atoms with E-state index in [4.69, 9.17) is 23.2 Å². The van der Waals surface area contributed by atoms with E-state index in [0.717, 1.165) is 21.9 Å². The third-order valence-corrected chi connectivity index (χ3v) is 5.83. The standard InChI is InChI=1S/C22H18Cl2N2O3/c1-11-4-7-19-15(8-11)16-10-17(14-6-5-13(23)9-18(14)24)21(27)25(3)20(16)26(19)12(2)22(28)29/h4-10,12H,1-3H3,(H,28,29). The lowest BCUT2D eigenvalue weighted by Crippen LogP contribution is -2.23. The van der Waals surface area contributed by atoms with Crippen molar-refractivity contribution in [3.8, 4) is 11.1 Å². The second kappa shape index (κ2) is 6.94. The second-order valence-corrected chi connectivity index (χ2v) is 8.03. The number of rotatable bonds is 3. The van der Waals surface area contributed by atoms with Gasteiger partial charge in [0.2, 0.25) is 0 Å². The van der Waals surface area contributed by atoms with Gasteiger partial charge in [0.1, 0.15) is 11.7 Å². The molecule has 0 spiro atoms. The molecule has 4 rings (SSSR count). The maximum atomic E-state index is 13.2. The fourth-order valence-corrected chi connectivity index (χ4v) is 4.32. The molecule has 0 aliphatic heterocycles. The summed E-state index contributed by atoms with van der Waals surface area (Å²) in [5, 5.41) is 12.2. The average Bonchev–Trinajstić information content (AvgIpc) is 2.98. The summed E-state index contributed by atoms with van der Waals surface area (Å²) in [6.07, 6.45) is 0. The predicted octanol–water partition coefficient (Wildman–Crippen LogP) is 5.42. The first-order valence-corrected chi connectivity index (χ1v) is 9.79. The molecule has 0 amide bonds. The van der Waals surface area contributed by atoms with Crippen molar-refractivity contribution in [1.29, 1.82) is 0 Å². The van der Waals surface area contributed by atoms with E-state index in [-0.39, 0.29) is 5.56 Å². The minimum absolute atomic E-state index is 0.264. The van der Waals surface area contributed by atoms with Crippen molar-refractivity contribution >= 4 is 51.1 Å². The number of aryl methyl sites for hydroxylation is 2. The van der Waals surface area contributed by atoms with Gasteiger partial charge >= 0.3 is 5.97 Å². The van der Waals surface area contributed by atoms with E-state index < -0.39 is 12.0 Å². The Labute approximate surface area is 176 Å². The lowest BCUT2D eigenvalue weighted by molar-refractivity contribution is -0.140. The van der Waals surface area contributed by atoms with Crippen molar-refractivity contribution < 1.29 is 9.90 Å². The number of hydrogen-bond acceptors (Lipinski definition) is 2. The molecule has 4 aromatic rings. The van der Waals surface area contributed by atoms with Gasteiger partial charge in [0.05, 0.1) is 10.5 Å². The monoisotopic (exact) mass is 428 g/mol. The number of hydrogen-bond donors (Lipinski definition) is 1. The molecular formula is C22H18Cl2N2O3. The highest BCUT2D eigenvalue weighted by Gasteiger charge is 2.24. The van der Waals surface area contributed by atoms with Crippen LogP contribution >= 0.6 is 23.2 Å². The Hall–Kier alpha value is -2.76. The molecule has 5 nitrogen and oxygen atoms in total. The van der Waals surface area contributed by atoms with E-state index in [1.165, 1.54) is 4.57 Å². The number of pyridine rings is 1. The quantitative estimate of drug-likeness (QED) is 0.473. The summed E-state index contributed by atoms with van der Waals surface area (Å²) in [4.78, 5) is 25.0. The predicted molar refractivity (Wildman–Crippen MR) is 117 cm³/mol. The van der Waals surface area contributed by atoms with Gasteiger partial charge in [-0.3, -0.25) is 9.36 Å². The molecule has 1 N–H and O–H groups in total. The summed E-state index contributed by atoms with van der Waals surface area (Å²) < 4.78 is 3.19. The molecule has 0 saturated carbocycles. The van der Waals surface area contributed by atoms with Crippen LogP contribution in [0.2, 0.25) is 10.0 Å². The van der Waals surface area contributed by atoms with Crippen LogP contribution in [0.15, 0.2) is 47.3 Å². The van der Waals surface area contributed by atoms with Crippen LogP contribution in [0.4, 0.5) is 0 Å². The van der Waals surface area contributed by atoms with Gasteiger partial charge in [-0.2, -0.15) is 0 Å². The first kappa shape index (κ1) is 19.6. The number of halogens is 2. The Morgan fingerprint density at radius 3 is 2.41 bits per heavy atom. The van der Waals surface area contributed by atoms with Gasteiger partial charge in [-0.1, -0.05) is 40.9 Å². The van der Waals surface area contributed by atoms with Gasteiger partial charge < -0.3 is 9.67 Å². The van der Waals surface area contributed by atoms with Crippen molar-refractivity contribution in [1.82, 2.24) is 9.13 Å². The molecule has 148 valence electrons. The Morgan fingerprint density at radius 1 is 1.03 bits per heavy atom. The van der Waals surface area contributed by atoms with Gasteiger partial charge in [-0.15, -0.1) is 0 Å². The largest absolute Gasteiger partial charge is 0.480 e. The molecule has 0 saturated heterocycles. The fourth-order valence-electron chi connectivity index (χ4n) is 3.81.